The normalized spacial score (nSPS) is 49.8. The van der Waals surface area contributed by atoms with Crippen LogP contribution in [0.2, 0.25) is 0 Å². The van der Waals surface area contributed by atoms with Crippen LogP contribution in [0.3, 0.4) is 0 Å². The van der Waals surface area contributed by atoms with E-state index in [-0.39, 0.29) is 11.0 Å². The lowest BCUT2D eigenvalue weighted by atomic mass is 9.44. The maximum atomic E-state index is 11.1. The summed E-state index contributed by atoms with van der Waals surface area (Å²) < 4.78 is 6.70. The number of hydrogen-bond donors (Lipinski definition) is 1. The Balaban J connectivity index is 1.39. The minimum atomic E-state index is -0.655. The fraction of sp³-hybridized carbons (Fsp3) is 0.880. The van der Waals surface area contributed by atoms with Gasteiger partial charge in [0.15, 0.2) is 0 Å². The van der Waals surface area contributed by atoms with Gasteiger partial charge in [0.1, 0.15) is 0 Å². The summed E-state index contributed by atoms with van der Waals surface area (Å²) in [7, 11) is 0. The molecule has 2 bridgehead atoms. The van der Waals surface area contributed by atoms with Crippen LogP contribution in [0.25, 0.3) is 0 Å². The van der Waals surface area contributed by atoms with E-state index in [1.54, 1.807) is 0 Å². The van der Waals surface area contributed by atoms with Crippen LogP contribution in [-0.2, 0) is 9.53 Å². The van der Waals surface area contributed by atoms with Crippen molar-refractivity contribution in [1.82, 2.24) is 0 Å². The van der Waals surface area contributed by atoms with E-state index in [4.69, 9.17) is 9.84 Å². The van der Waals surface area contributed by atoms with Crippen LogP contribution in [0.1, 0.15) is 85.0 Å². The van der Waals surface area contributed by atoms with Crippen molar-refractivity contribution in [1.29, 1.82) is 0 Å². The van der Waals surface area contributed by atoms with E-state index in [0.29, 0.717) is 41.6 Å². The summed E-state index contributed by atoms with van der Waals surface area (Å²) in [5.41, 5.74) is 0.550. The molecule has 2 aliphatic heterocycles. The van der Waals surface area contributed by atoms with Gasteiger partial charge in [-0.1, -0.05) is 45.8 Å². The molecule has 6 aliphatic rings. The summed E-state index contributed by atoms with van der Waals surface area (Å²) in [4.78, 5) is 11.1. The largest absolute Gasteiger partial charge is 0.481 e. The molecule has 5 fully saturated rings. The van der Waals surface area contributed by atoms with Gasteiger partial charge in [0.2, 0.25) is 0 Å². The van der Waals surface area contributed by atoms with E-state index in [2.05, 4.69) is 32.9 Å². The van der Waals surface area contributed by atoms with Crippen LogP contribution in [-0.4, -0.2) is 22.8 Å². The lowest BCUT2D eigenvalue weighted by Crippen LogP contribution is -2.75. The molecule has 2 saturated heterocycles. The number of ether oxygens (including phenoxy) is 1. The quantitative estimate of drug-likeness (QED) is 0.560. The molecule has 0 aromatic heterocycles. The van der Waals surface area contributed by atoms with Crippen molar-refractivity contribution in [3.8, 4) is 0 Å². The predicted octanol–water partition coefficient (Wildman–Crippen LogP) is 5.83. The monoisotopic (exact) mass is 386 g/mol. The molecule has 3 unspecified atom stereocenters. The average molecular weight is 387 g/mol. The minimum Gasteiger partial charge on any atom is -0.481 e. The summed E-state index contributed by atoms with van der Waals surface area (Å²) in [6.07, 6.45) is 17.4. The zero-order chi connectivity index (χ0) is 19.7. The van der Waals surface area contributed by atoms with Crippen molar-refractivity contribution in [2.24, 2.45) is 40.4 Å². The number of carboxylic acids is 1. The van der Waals surface area contributed by atoms with Crippen LogP contribution in [0.15, 0.2) is 12.2 Å². The van der Waals surface area contributed by atoms with Gasteiger partial charge in [-0.15, -0.1) is 0 Å². The van der Waals surface area contributed by atoms with Crippen molar-refractivity contribution in [2.75, 3.05) is 0 Å². The Hall–Kier alpha value is -0.830. The van der Waals surface area contributed by atoms with E-state index in [0.717, 1.165) is 12.3 Å². The molecule has 156 valence electrons. The highest BCUT2D eigenvalue weighted by Gasteiger charge is 2.72. The second-order valence-electron chi connectivity index (χ2n) is 11.4. The Morgan fingerprint density at radius 1 is 1.11 bits per heavy atom. The number of aliphatic carboxylic acids is 1. The SMILES string of the molecule is CC(CCC(=O)O)C1CC[C@H]2C3CC[C@@H]4O[C@@]3(C=C[C@]12C)[C@@]4(C)CCC1CC1. The van der Waals surface area contributed by atoms with Gasteiger partial charge < -0.3 is 9.84 Å². The molecule has 0 radical (unpaired) electrons. The summed E-state index contributed by atoms with van der Waals surface area (Å²) in [6, 6.07) is 0. The van der Waals surface area contributed by atoms with Gasteiger partial charge >= 0.3 is 5.97 Å². The first-order chi connectivity index (χ1) is 13.3. The van der Waals surface area contributed by atoms with Crippen molar-refractivity contribution in [3.05, 3.63) is 12.2 Å². The number of carbonyl (C=O) groups is 1. The highest BCUT2D eigenvalue weighted by Crippen LogP contribution is 2.71. The topological polar surface area (TPSA) is 46.5 Å². The van der Waals surface area contributed by atoms with Crippen molar-refractivity contribution in [3.63, 3.8) is 0 Å². The van der Waals surface area contributed by atoms with Gasteiger partial charge in [0.05, 0.1) is 11.7 Å². The molecule has 8 atom stereocenters. The van der Waals surface area contributed by atoms with E-state index >= 15 is 0 Å². The van der Waals surface area contributed by atoms with Crippen LogP contribution < -0.4 is 0 Å². The number of fused-ring (bicyclic) bond motifs is 2. The molecule has 28 heavy (non-hydrogen) atoms. The molecule has 6 rings (SSSR count). The van der Waals surface area contributed by atoms with Crippen molar-refractivity contribution >= 4 is 5.97 Å². The predicted molar refractivity (Wildman–Crippen MR) is 110 cm³/mol. The number of carboxylic acid groups (broad SMARTS) is 1. The summed E-state index contributed by atoms with van der Waals surface area (Å²) in [5, 5.41) is 9.12. The fourth-order valence-corrected chi connectivity index (χ4v) is 8.14. The molecule has 2 heterocycles. The minimum absolute atomic E-state index is 0.00578. The third-order valence-corrected chi connectivity index (χ3v) is 10.1. The van der Waals surface area contributed by atoms with Gasteiger partial charge in [-0.3, -0.25) is 4.79 Å². The van der Waals surface area contributed by atoms with E-state index < -0.39 is 5.97 Å². The molecule has 3 saturated carbocycles. The first-order valence-corrected chi connectivity index (χ1v) is 11.9. The first kappa shape index (κ1) is 19.2. The summed E-state index contributed by atoms with van der Waals surface area (Å²) >= 11 is 0. The van der Waals surface area contributed by atoms with Gasteiger partial charge in [0.25, 0.3) is 0 Å². The zero-order valence-corrected chi connectivity index (χ0v) is 18.0. The first-order valence-electron chi connectivity index (χ1n) is 11.9. The number of rotatable bonds is 7. The standard InChI is InChI=1S/C25H38O3/c1-16(4-11-22(26)27)18-7-8-19-20-9-10-21-24(3,13-12-17-5-6-17)25(20,28-21)15-14-23(18,19)2/h14-21H,4-13H2,1-3H3,(H,26,27)/t16?,18?,19-,20?,21-,23+,24-,25+/m0/s1. The third kappa shape index (κ3) is 2.53. The van der Waals surface area contributed by atoms with Crippen LogP contribution in [0, 0.1) is 40.4 Å². The Morgan fingerprint density at radius 2 is 1.86 bits per heavy atom. The molecule has 0 amide bonds. The van der Waals surface area contributed by atoms with Crippen LogP contribution >= 0.6 is 0 Å². The highest BCUT2D eigenvalue weighted by molar-refractivity contribution is 5.66. The number of allylic oxidation sites excluding steroid dienone is 1. The molecule has 3 heteroatoms. The Kier molecular flexibility index (Phi) is 4.33. The zero-order valence-electron chi connectivity index (χ0n) is 18.0. The molecular formula is C25H38O3. The molecule has 0 aromatic carbocycles. The molecule has 0 aromatic rings. The van der Waals surface area contributed by atoms with E-state index in [1.165, 1.54) is 51.4 Å². The maximum absolute atomic E-state index is 11.1. The average Bonchev–Trinajstić information content (AvgIpc) is 3.43. The Morgan fingerprint density at radius 3 is 2.57 bits per heavy atom. The fourth-order valence-electron chi connectivity index (χ4n) is 8.14. The Labute approximate surface area is 170 Å². The van der Waals surface area contributed by atoms with Crippen LogP contribution in [0.4, 0.5) is 0 Å². The molecular weight excluding hydrogens is 348 g/mol. The smallest absolute Gasteiger partial charge is 0.303 e. The molecule has 1 N–H and O–H groups in total. The van der Waals surface area contributed by atoms with Gasteiger partial charge in [-0.2, -0.15) is 0 Å². The van der Waals surface area contributed by atoms with Gasteiger partial charge in [0, 0.05) is 11.8 Å². The summed E-state index contributed by atoms with van der Waals surface area (Å²) in [5.74, 6) is 2.80. The second kappa shape index (κ2) is 6.33. The van der Waals surface area contributed by atoms with Gasteiger partial charge in [-0.05, 0) is 80.0 Å². The lowest BCUT2D eigenvalue weighted by molar-refractivity contribution is -0.353. The molecule has 3 nitrogen and oxygen atoms in total. The summed E-state index contributed by atoms with van der Waals surface area (Å²) in [6.45, 7) is 7.29. The Bertz CT molecular complexity index is 681. The molecule has 4 aliphatic carbocycles. The van der Waals surface area contributed by atoms with E-state index in [1.807, 2.05) is 0 Å². The van der Waals surface area contributed by atoms with Crippen molar-refractivity contribution < 1.29 is 14.6 Å². The molecule has 1 spiro atoms. The third-order valence-electron chi connectivity index (χ3n) is 10.1. The van der Waals surface area contributed by atoms with Crippen LogP contribution in [0.5, 0.6) is 0 Å². The highest BCUT2D eigenvalue weighted by atomic mass is 16.5. The maximum Gasteiger partial charge on any atom is 0.303 e. The lowest BCUT2D eigenvalue weighted by Gasteiger charge is -2.71. The number of hydrogen-bond acceptors (Lipinski definition) is 2. The van der Waals surface area contributed by atoms with Gasteiger partial charge in [-0.25, -0.2) is 0 Å². The second-order valence-corrected chi connectivity index (χ2v) is 11.4. The van der Waals surface area contributed by atoms with E-state index in [9.17, 15) is 4.79 Å². The van der Waals surface area contributed by atoms with Crippen molar-refractivity contribution in [2.45, 2.75) is 96.7 Å².